The Morgan fingerprint density at radius 3 is 2.60 bits per heavy atom. The molecule has 1 aromatic carbocycles. The van der Waals surface area contributed by atoms with Gasteiger partial charge in [-0.15, -0.1) is 0 Å². The molecule has 0 atom stereocenters. The zero-order chi connectivity index (χ0) is 14.5. The number of hydrogen-bond acceptors (Lipinski definition) is 3. The van der Waals surface area contributed by atoms with E-state index in [4.69, 9.17) is 4.74 Å². The summed E-state index contributed by atoms with van der Waals surface area (Å²) in [6.45, 7) is 0. The first-order valence-electron chi connectivity index (χ1n) is 5.61. The summed E-state index contributed by atoms with van der Waals surface area (Å²) >= 11 is 0. The van der Waals surface area contributed by atoms with E-state index in [2.05, 4.69) is 15.6 Å². The lowest BCUT2D eigenvalue weighted by Crippen LogP contribution is -2.20. The summed E-state index contributed by atoms with van der Waals surface area (Å²) in [4.78, 5) is 15.5. The predicted molar refractivity (Wildman–Crippen MR) is 69.8 cm³/mol. The fourth-order valence-corrected chi connectivity index (χ4v) is 1.45. The number of methoxy groups -OCH3 is 1. The lowest BCUT2D eigenvalue weighted by atomic mass is 10.3. The monoisotopic (exact) mass is 279 g/mol. The van der Waals surface area contributed by atoms with Gasteiger partial charge in [0.2, 0.25) is 5.88 Å². The van der Waals surface area contributed by atoms with E-state index in [1.54, 1.807) is 12.1 Å². The summed E-state index contributed by atoms with van der Waals surface area (Å²) in [5.74, 6) is -1.17. The van der Waals surface area contributed by atoms with Gasteiger partial charge in [-0.05, 0) is 18.2 Å². The standard InChI is InChI=1S/C13H11F2N3O2/c1-20-12-5-3-9(7-16-12)17-13(19)18-11-4-2-8(14)6-10(11)15/h2-7H,1H3,(H2,17,18,19). The van der Waals surface area contributed by atoms with Gasteiger partial charge in [-0.1, -0.05) is 0 Å². The van der Waals surface area contributed by atoms with E-state index in [9.17, 15) is 13.6 Å². The zero-order valence-corrected chi connectivity index (χ0v) is 10.5. The topological polar surface area (TPSA) is 63.2 Å². The number of pyridine rings is 1. The molecule has 0 bridgehead atoms. The van der Waals surface area contributed by atoms with Crippen molar-refractivity contribution in [3.63, 3.8) is 0 Å². The van der Waals surface area contributed by atoms with Crippen LogP contribution in [0.3, 0.4) is 0 Å². The molecule has 0 aliphatic heterocycles. The molecule has 0 aliphatic carbocycles. The molecule has 2 amide bonds. The number of benzene rings is 1. The van der Waals surface area contributed by atoms with Gasteiger partial charge in [0.1, 0.15) is 11.6 Å². The lowest BCUT2D eigenvalue weighted by molar-refractivity contribution is 0.262. The maximum atomic E-state index is 13.3. The highest BCUT2D eigenvalue weighted by molar-refractivity contribution is 5.99. The van der Waals surface area contributed by atoms with Crippen molar-refractivity contribution in [3.8, 4) is 5.88 Å². The van der Waals surface area contributed by atoms with E-state index in [0.29, 0.717) is 17.6 Å². The average Bonchev–Trinajstić information content (AvgIpc) is 2.43. The number of ether oxygens (including phenoxy) is 1. The van der Waals surface area contributed by atoms with E-state index in [0.717, 1.165) is 12.1 Å². The van der Waals surface area contributed by atoms with E-state index in [-0.39, 0.29) is 5.69 Å². The minimum atomic E-state index is -0.854. The second-order valence-corrected chi connectivity index (χ2v) is 3.79. The predicted octanol–water partition coefficient (Wildman–Crippen LogP) is 3.01. The van der Waals surface area contributed by atoms with Crippen molar-refractivity contribution < 1.29 is 18.3 Å². The largest absolute Gasteiger partial charge is 0.481 e. The molecule has 5 nitrogen and oxygen atoms in total. The molecule has 0 fully saturated rings. The molecule has 0 radical (unpaired) electrons. The number of aromatic nitrogens is 1. The van der Waals surface area contributed by atoms with E-state index >= 15 is 0 Å². The Kier molecular flexibility index (Phi) is 4.09. The number of urea groups is 1. The van der Waals surface area contributed by atoms with Crippen LogP contribution in [0.15, 0.2) is 36.5 Å². The maximum absolute atomic E-state index is 13.3. The Bertz CT molecular complexity index is 618. The van der Waals surface area contributed by atoms with Gasteiger partial charge in [0.25, 0.3) is 0 Å². The first-order chi connectivity index (χ1) is 9.58. The van der Waals surface area contributed by atoms with E-state index in [1.165, 1.54) is 13.3 Å². The van der Waals surface area contributed by atoms with Gasteiger partial charge in [-0.2, -0.15) is 0 Å². The number of carbonyl (C=O) groups is 1. The average molecular weight is 279 g/mol. The van der Waals surface area contributed by atoms with Crippen molar-refractivity contribution in [2.24, 2.45) is 0 Å². The normalized spacial score (nSPS) is 9.95. The Hall–Kier alpha value is -2.70. The van der Waals surface area contributed by atoms with Crippen LogP contribution in [0, 0.1) is 11.6 Å². The minimum absolute atomic E-state index is 0.120. The molecule has 2 N–H and O–H groups in total. The lowest BCUT2D eigenvalue weighted by Gasteiger charge is -2.08. The van der Waals surface area contributed by atoms with Gasteiger partial charge in [-0.3, -0.25) is 0 Å². The molecule has 104 valence electrons. The summed E-state index contributed by atoms with van der Waals surface area (Å²) in [5, 5.41) is 4.72. The first-order valence-corrected chi connectivity index (χ1v) is 5.61. The van der Waals surface area contributed by atoms with E-state index < -0.39 is 17.7 Å². The SMILES string of the molecule is COc1ccc(NC(=O)Nc2ccc(F)cc2F)cn1. The summed E-state index contributed by atoms with van der Waals surface area (Å²) in [6, 6.07) is 5.34. The Labute approximate surface area is 113 Å². The second-order valence-electron chi connectivity index (χ2n) is 3.79. The van der Waals surface area contributed by atoms with E-state index in [1.807, 2.05) is 0 Å². The molecule has 2 aromatic rings. The molecule has 7 heteroatoms. The van der Waals surface area contributed by atoms with Crippen LogP contribution in [-0.4, -0.2) is 18.1 Å². The fraction of sp³-hybridized carbons (Fsp3) is 0.0769. The van der Waals surface area contributed by atoms with Gasteiger partial charge in [0, 0.05) is 12.1 Å². The Morgan fingerprint density at radius 2 is 2.00 bits per heavy atom. The number of hydrogen-bond donors (Lipinski definition) is 2. The molecule has 2 rings (SSSR count). The van der Waals surface area contributed by atoms with Crippen LogP contribution in [0.25, 0.3) is 0 Å². The maximum Gasteiger partial charge on any atom is 0.323 e. The number of anilines is 2. The van der Waals surface area contributed by atoms with Gasteiger partial charge in [-0.25, -0.2) is 18.6 Å². The summed E-state index contributed by atoms with van der Waals surface area (Å²) in [5.41, 5.74) is 0.288. The smallest absolute Gasteiger partial charge is 0.323 e. The summed E-state index contributed by atoms with van der Waals surface area (Å²) in [6.07, 6.45) is 1.39. The zero-order valence-electron chi connectivity index (χ0n) is 10.5. The number of amides is 2. The van der Waals surface area contributed by atoms with Crippen molar-refractivity contribution in [1.29, 1.82) is 0 Å². The molecule has 0 aliphatic rings. The third-order valence-electron chi connectivity index (χ3n) is 2.38. The van der Waals surface area contributed by atoms with Crippen LogP contribution in [0.2, 0.25) is 0 Å². The van der Waals surface area contributed by atoms with Gasteiger partial charge in [0.15, 0.2) is 0 Å². The van der Waals surface area contributed by atoms with Crippen LogP contribution in [-0.2, 0) is 0 Å². The third-order valence-corrected chi connectivity index (χ3v) is 2.38. The molecule has 1 aromatic heterocycles. The van der Waals surface area contributed by atoms with Crippen LogP contribution >= 0.6 is 0 Å². The Morgan fingerprint density at radius 1 is 1.20 bits per heavy atom. The van der Waals surface area contributed by atoms with Crippen LogP contribution < -0.4 is 15.4 Å². The Balaban J connectivity index is 2.01. The molecular weight excluding hydrogens is 268 g/mol. The van der Waals surface area contributed by atoms with Crippen molar-refractivity contribution in [1.82, 2.24) is 4.98 Å². The number of nitrogens with zero attached hydrogens (tertiary/aromatic N) is 1. The molecule has 0 spiro atoms. The summed E-state index contributed by atoms with van der Waals surface area (Å²) in [7, 11) is 1.47. The molecule has 0 saturated carbocycles. The third kappa shape index (κ3) is 3.41. The quantitative estimate of drug-likeness (QED) is 0.907. The highest BCUT2D eigenvalue weighted by Crippen LogP contribution is 2.16. The first kappa shape index (κ1) is 13.7. The number of rotatable bonds is 3. The van der Waals surface area contributed by atoms with Gasteiger partial charge in [0.05, 0.1) is 24.7 Å². The van der Waals surface area contributed by atoms with Crippen molar-refractivity contribution in [2.75, 3.05) is 17.7 Å². The molecule has 20 heavy (non-hydrogen) atoms. The van der Waals surface area contributed by atoms with Crippen LogP contribution in [0.5, 0.6) is 5.88 Å². The molecule has 0 unspecified atom stereocenters. The number of carbonyl (C=O) groups excluding carboxylic acids is 1. The summed E-state index contributed by atoms with van der Waals surface area (Å²) < 4.78 is 30.9. The number of halogens is 2. The fourth-order valence-electron chi connectivity index (χ4n) is 1.45. The van der Waals surface area contributed by atoms with Gasteiger partial charge >= 0.3 is 6.03 Å². The molecular formula is C13H11F2N3O2. The second kappa shape index (κ2) is 5.96. The van der Waals surface area contributed by atoms with Crippen LogP contribution in [0.4, 0.5) is 25.0 Å². The highest BCUT2D eigenvalue weighted by Gasteiger charge is 2.08. The molecule has 1 heterocycles. The minimum Gasteiger partial charge on any atom is -0.481 e. The number of nitrogens with one attached hydrogen (secondary N) is 2. The van der Waals surface area contributed by atoms with Crippen LogP contribution in [0.1, 0.15) is 0 Å². The van der Waals surface area contributed by atoms with Gasteiger partial charge < -0.3 is 15.4 Å². The van der Waals surface area contributed by atoms with Crippen molar-refractivity contribution in [3.05, 3.63) is 48.2 Å². The molecule has 0 saturated heterocycles. The highest BCUT2D eigenvalue weighted by atomic mass is 19.1. The van der Waals surface area contributed by atoms with Crippen molar-refractivity contribution in [2.45, 2.75) is 0 Å². The van der Waals surface area contributed by atoms with Crippen molar-refractivity contribution >= 4 is 17.4 Å².